The van der Waals surface area contributed by atoms with E-state index in [4.69, 9.17) is 0 Å². The van der Waals surface area contributed by atoms with Crippen LogP contribution in [0.2, 0.25) is 0 Å². The van der Waals surface area contributed by atoms with Crippen LogP contribution in [-0.4, -0.2) is 24.9 Å². The topological polar surface area (TPSA) is 58.2 Å². The first kappa shape index (κ1) is 15.2. The molecule has 0 aliphatic carbocycles. The fourth-order valence-corrected chi connectivity index (χ4v) is 1.68. The summed E-state index contributed by atoms with van der Waals surface area (Å²) in [6.07, 6.45) is 0.732. The van der Waals surface area contributed by atoms with Crippen LogP contribution in [0, 0.1) is 0 Å². The van der Waals surface area contributed by atoms with Gasteiger partial charge in [0, 0.05) is 25.6 Å². The zero-order valence-electron chi connectivity index (χ0n) is 11.8. The highest BCUT2D eigenvalue weighted by Gasteiger charge is 2.05. The molecule has 2 N–H and O–H groups in total. The van der Waals surface area contributed by atoms with E-state index in [9.17, 15) is 9.59 Å². The van der Waals surface area contributed by atoms with Crippen LogP contribution in [0.25, 0.3) is 0 Å². The normalized spacial score (nSPS) is 10.3. The van der Waals surface area contributed by atoms with Crippen molar-refractivity contribution in [3.63, 3.8) is 0 Å². The highest BCUT2D eigenvalue weighted by molar-refractivity contribution is 5.94. The molecular weight excluding hydrogens is 240 g/mol. The van der Waals surface area contributed by atoms with Crippen LogP contribution in [0.1, 0.15) is 49.0 Å². The third-order valence-corrected chi connectivity index (χ3v) is 2.85. The van der Waals surface area contributed by atoms with Crippen molar-refractivity contribution in [2.75, 3.05) is 13.1 Å². The van der Waals surface area contributed by atoms with Crippen LogP contribution in [0.15, 0.2) is 24.3 Å². The Labute approximate surface area is 114 Å². The Morgan fingerprint density at radius 2 is 1.63 bits per heavy atom. The van der Waals surface area contributed by atoms with Crippen molar-refractivity contribution in [2.45, 2.75) is 33.1 Å². The lowest BCUT2D eigenvalue weighted by molar-refractivity contribution is -0.118. The van der Waals surface area contributed by atoms with Crippen LogP contribution >= 0.6 is 0 Å². The summed E-state index contributed by atoms with van der Waals surface area (Å²) < 4.78 is 0. The van der Waals surface area contributed by atoms with Crippen LogP contribution in [0.3, 0.4) is 0 Å². The molecule has 0 saturated heterocycles. The Morgan fingerprint density at radius 3 is 2.16 bits per heavy atom. The van der Waals surface area contributed by atoms with Crippen LogP contribution in [0.4, 0.5) is 0 Å². The number of carbonyl (C=O) groups is 2. The van der Waals surface area contributed by atoms with E-state index in [0.29, 0.717) is 24.6 Å². The molecule has 0 aromatic heterocycles. The zero-order valence-corrected chi connectivity index (χ0v) is 11.8. The number of carbonyl (C=O) groups excluding carboxylic acids is 2. The van der Waals surface area contributed by atoms with Gasteiger partial charge in [0.15, 0.2) is 0 Å². The molecule has 1 aromatic carbocycles. The lowest BCUT2D eigenvalue weighted by Gasteiger charge is -2.08. The van der Waals surface area contributed by atoms with Gasteiger partial charge in [-0.05, 0) is 30.0 Å². The predicted molar refractivity (Wildman–Crippen MR) is 76.2 cm³/mol. The summed E-state index contributed by atoms with van der Waals surface area (Å²) in [6, 6.07) is 7.66. The highest BCUT2D eigenvalue weighted by Crippen LogP contribution is 2.14. The Kier molecular flexibility index (Phi) is 6.06. The summed E-state index contributed by atoms with van der Waals surface area (Å²) in [5.41, 5.74) is 1.89. The Hall–Kier alpha value is -1.84. The van der Waals surface area contributed by atoms with Crippen LogP contribution in [0.5, 0.6) is 0 Å². The first-order valence-corrected chi connectivity index (χ1v) is 6.63. The van der Waals surface area contributed by atoms with E-state index in [1.807, 2.05) is 24.3 Å². The van der Waals surface area contributed by atoms with Crippen LogP contribution < -0.4 is 10.6 Å². The smallest absolute Gasteiger partial charge is 0.251 e. The molecule has 0 unspecified atom stereocenters. The fourth-order valence-electron chi connectivity index (χ4n) is 1.68. The van der Waals surface area contributed by atoms with Gasteiger partial charge in [0.25, 0.3) is 5.91 Å². The molecule has 0 aliphatic rings. The lowest BCUT2D eigenvalue weighted by Crippen LogP contribution is -2.28. The molecule has 104 valence electrons. The minimum absolute atomic E-state index is 0.0457. The van der Waals surface area contributed by atoms with Gasteiger partial charge in [-0.1, -0.05) is 26.0 Å². The SMILES string of the molecule is CC(=O)NCCCNC(=O)c1ccc(C(C)C)cc1. The molecule has 1 aromatic rings. The van der Waals surface area contributed by atoms with Gasteiger partial charge in [0.2, 0.25) is 5.91 Å². The van der Waals surface area contributed by atoms with Crippen molar-refractivity contribution in [3.8, 4) is 0 Å². The summed E-state index contributed by atoms with van der Waals surface area (Å²) in [7, 11) is 0. The molecule has 0 spiro atoms. The van der Waals surface area contributed by atoms with E-state index in [1.165, 1.54) is 12.5 Å². The molecule has 1 rings (SSSR count). The molecule has 0 fully saturated rings. The standard InChI is InChI=1S/C15H22N2O2/c1-11(2)13-5-7-14(8-6-13)15(19)17-10-4-9-16-12(3)18/h5-8,11H,4,9-10H2,1-3H3,(H,16,18)(H,17,19). The molecule has 4 heteroatoms. The second-order valence-corrected chi connectivity index (χ2v) is 4.87. The first-order valence-electron chi connectivity index (χ1n) is 6.63. The maximum Gasteiger partial charge on any atom is 0.251 e. The van der Waals surface area contributed by atoms with Crippen molar-refractivity contribution >= 4 is 11.8 Å². The van der Waals surface area contributed by atoms with Crippen molar-refractivity contribution in [2.24, 2.45) is 0 Å². The molecule has 4 nitrogen and oxygen atoms in total. The number of amides is 2. The number of hydrogen-bond acceptors (Lipinski definition) is 2. The van der Waals surface area contributed by atoms with Crippen molar-refractivity contribution < 1.29 is 9.59 Å². The molecule has 0 saturated carbocycles. The van der Waals surface area contributed by atoms with Crippen molar-refractivity contribution in [1.82, 2.24) is 10.6 Å². The van der Waals surface area contributed by atoms with E-state index in [2.05, 4.69) is 24.5 Å². The number of nitrogens with one attached hydrogen (secondary N) is 2. The molecule has 19 heavy (non-hydrogen) atoms. The third kappa shape index (κ3) is 5.55. The van der Waals surface area contributed by atoms with Gasteiger partial charge in [0.05, 0.1) is 0 Å². The third-order valence-electron chi connectivity index (χ3n) is 2.85. The fraction of sp³-hybridized carbons (Fsp3) is 0.467. The van der Waals surface area contributed by atoms with E-state index >= 15 is 0 Å². The number of hydrogen-bond donors (Lipinski definition) is 2. The average Bonchev–Trinajstić information content (AvgIpc) is 2.37. The molecule has 2 amide bonds. The van der Waals surface area contributed by atoms with Gasteiger partial charge in [-0.3, -0.25) is 9.59 Å². The summed E-state index contributed by atoms with van der Waals surface area (Å²) in [5.74, 6) is 0.350. The maximum absolute atomic E-state index is 11.8. The van der Waals surface area contributed by atoms with Gasteiger partial charge in [-0.15, -0.1) is 0 Å². The minimum Gasteiger partial charge on any atom is -0.356 e. The van der Waals surface area contributed by atoms with Crippen molar-refractivity contribution in [1.29, 1.82) is 0 Å². The minimum atomic E-state index is -0.0712. The lowest BCUT2D eigenvalue weighted by atomic mass is 10.0. The molecule has 0 heterocycles. The number of benzene rings is 1. The predicted octanol–water partition coefficient (Wildman–Crippen LogP) is 2.07. The highest BCUT2D eigenvalue weighted by atomic mass is 16.2. The average molecular weight is 262 g/mol. The summed E-state index contributed by atoms with van der Waals surface area (Å²) in [6.45, 7) is 6.87. The van der Waals surface area contributed by atoms with Gasteiger partial charge < -0.3 is 10.6 Å². The van der Waals surface area contributed by atoms with Gasteiger partial charge in [-0.25, -0.2) is 0 Å². The number of rotatable bonds is 6. The largest absolute Gasteiger partial charge is 0.356 e. The summed E-state index contributed by atoms with van der Waals surface area (Å²) in [4.78, 5) is 22.5. The Balaban J connectivity index is 2.35. The Bertz CT molecular complexity index is 424. The van der Waals surface area contributed by atoms with E-state index in [-0.39, 0.29) is 11.8 Å². The van der Waals surface area contributed by atoms with E-state index < -0.39 is 0 Å². The second-order valence-electron chi connectivity index (χ2n) is 4.87. The summed E-state index contributed by atoms with van der Waals surface area (Å²) >= 11 is 0. The van der Waals surface area contributed by atoms with Crippen molar-refractivity contribution in [3.05, 3.63) is 35.4 Å². The monoisotopic (exact) mass is 262 g/mol. The molecule has 0 aliphatic heterocycles. The molecular formula is C15H22N2O2. The van der Waals surface area contributed by atoms with Gasteiger partial charge in [-0.2, -0.15) is 0 Å². The van der Waals surface area contributed by atoms with Gasteiger partial charge in [0.1, 0.15) is 0 Å². The zero-order chi connectivity index (χ0) is 14.3. The maximum atomic E-state index is 11.8. The summed E-state index contributed by atoms with van der Waals surface area (Å²) in [5, 5.41) is 5.52. The quantitative estimate of drug-likeness (QED) is 0.771. The second kappa shape index (κ2) is 7.56. The molecule has 0 bridgehead atoms. The Morgan fingerprint density at radius 1 is 1.05 bits per heavy atom. The molecule has 0 radical (unpaired) electrons. The van der Waals surface area contributed by atoms with E-state index in [1.54, 1.807) is 0 Å². The van der Waals surface area contributed by atoms with Gasteiger partial charge >= 0.3 is 0 Å². The van der Waals surface area contributed by atoms with E-state index in [0.717, 1.165) is 6.42 Å². The first-order chi connectivity index (χ1) is 9.00. The van der Waals surface area contributed by atoms with Crippen LogP contribution in [-0.2, 0) is 4.79 Å². The molecule has 0 atom stereocenters.